The zero-order chi connectivity index (χ0) is 26.1. The van der Waals surface area contributed by atoms with Crippen LogP contribution in [0.15, 0.2) is 36.4 Å². The van der Waals surface area contributed by atoms with E-state index in [-0.39, 0.29) is 6.41 Å². The van der Waals surface area contributed by atoms with E-state index in [0.717, 1.165) is 32.2 Å². The van der Waals surface area contributed by atoms with Gasteiger partial charge in [0.1, 0.15) is 0 Å². The lowest BCUT2D eigenvalue weighted by Gasteiger charge is -2.48. The Bertz CT molecular complexity index is 929. The summed E-state index contributed by atoms with van der Waals surface area (Å²) in [5.41, 5.74) is 12.5. The molecular formula is C30H47N5O. The van der Waals surface area contributed by atoms with E-state index < -0.39 is 0 Å². The number of piperidine rings is 1. The van der Waals surface area contributed by atoms with Crippen molar-refractivity contribution in [2.24, 2.45) is 5.73 Å². The van der Waals surface area contributed by atoms with Gasteiger partial charge in [0.25, 0.3) is 0 Å². The predicted molar refractivity (Wildman–Crippen MR) is 153 cm³/mol. The number of primary amides is 1. The van der Waals surface area contributed by atoms with E-state index in [0.29, 0.717) is 6.04 Å². The number of nitrogens with zero attached hydrogens (tertiary/aromatic N) is 3. The third-order valence-corrected chi connectivity index (χ3v) is 7.74. The van der Waals surface area contributed by atoms with Gasteiger partial charge >= 0.3 is 0 Å². The van der Waals surface area contributed by atoms with Gasteiger partial charge in [0, 0.05) is 56.2 Å². The molecule has 198 valence electrons. The molecule has 0 aromatic heterocycles. The summed E-state index contributed by atoms with van der Waals surface area (Å²) in [5.74, 6) is 0. The minimum atomic E-state index is 0.250. The molecule has 0 aliphatic carbocycles. The number of carbonyl (C=O) groups excluding carboxylic acids is 1. The van der Waals surface area contributed by atoms with Crippen LogP contribution in [0.2, 0.25) is 0 Å². The molecule has 0 radical (unpaired) electrons. The molecule has 1 amide bonds. The molecular weight excluding hydrogens is 446 g/mol. The highest BCUT2D eigenvalue weighted by Gasteiger charge is 2.33. The van der Waals surface area contributed by atoms with Gasteiger partial charge < -0.3 is 16.0 Å². The maximum absolute atomic E-state index is 8.58. The van der Waals surface area contributed by atoms with Crippen molar-refractivity contribution >= 4 is 17.8 Å². The van der Waals surface area contributed by atoms with Crippen molar-refractivity contribution < 1.29 is 4.79 Å². The smallest absolute Gasteiger partial charge is 0.204 e. The average Bonchev–Trinajstić information content (AvgIpc) is 2.86. The van der Waals surface area contributed by atoms with Crippen molar-refractivity contribution in [3.63, 3.8) is 0 Å². The summed E-state index contributed by atoms with van der Waals surface area (Å²) < 4.78 is 0. The quantitative estimate of drug-likeness (QED) is 0.547. The van der Waals surface area contributed by atoms with Crippen LogP contribution in [0.1, 0.15) is 55.4 Å². The van der Waals surface area contributed by atoms with Gasteiger partial charge in [-0.2, -0.15) is 0 Å². The van der Waals surface area contributed by atoms with Gasteiger partial charge in [-0.1, -0.05) is 36.8 Å². The summed E-state index contributed by atoms with van der Waals surface area (Å²) in [6, 6.07) is 15.1. The van der Waals surface area contributed by atoms with Crippen LogP contribution >= 0.6 is 0 Å². The number of hydrogen-bond acceptors (Lipinski definition) is 5. The van der Waals surface area contributed by atoms with Gasteiger partial charge in [-0.05, 0) is 88.9 Å². The van der Waals surface area contributed by atoms with Crippen LogP contribution in [0.4, 0.5) is 11.4 Å². The standard InChI is InChI=1S/C29H44N4.CH3NO/c1-6-27-21-32(29-23(4)18-26(30-7-2)19-24(29)5)16-17-33(27)28-12-14-31(15-13-28)20-25-10-8-22(3)9-11-25;2-1-3/h8-11,18-19,27-28,30H,6-7,12-17,20-21H2,1-5H3;1H,(H2,2,3). The molecule has 4 rings (SSSR count). The van der Waals surface area contributed by atoms with E-state index >= 15 is 0 Å². The molecule has 2 heterocycles. The van der Waals surface area contributed by atoms with Crippen molar-refractivity contribution in [1.82, 2.24) is 9.80 Å². The second-order valence-electron chi connectivity index (χ2n) is 10.4. The van der Waals surface area contributed by atoms with Crippen LogP contribution in [0.25, 0.3) is 0 Å². The molecule has 1 atom stereocenters. The lowest BCUT2D eigenvalue weighted by molar-refractivity contribution is -0.106. The number of amides is 1. The first-order valence-corrected chi connectivity index (χ1v) is 13.7. The van der Waals surface area contributed by atoms with E-state index in [1.54, 1.807) is 0 Å². The molecule has 2 fully saturated rings. The molecule has 2 aromatic carbocycles. The number of benzene rings is 2. The topological polar surface area (TPSA) is 64.8 Å². The molecule has 2 saturated heterocycles. The van der Waals surface area contributed by atoms with Crippen LogP contribution in [-0.4, -0.2) is 67.6 Å². The van der Waals surface area contributed by atoms with Crippen LogP contribution in [0, 0.1) is 20.8 Å². The van der Waals surface area contributed by atoms with E-state index in [9.17, 15) is 0 Å². The average molecular weight is 494 g/mol. The second-order valence-corrected chi connectivity index (χ2v) is 10.4. The van der Waals surface area contributed by atoms with Gasteiger partial charge in [0.2, 0.25) is 6.41 Å². The zero-order valence-corrected chi connectivity index (χ0v) is 23.1. The number of nitrogens with two attached hydrogens (primary N) is 1. The third-order valence-electron chi connectivity index (χ3n) is 7.74. The van der Waals surface area contributed by atoms with Crippen molar-refractivity contribution in [2.45, 2.75) is 72.5 Å². The van der Waals surface area contributed by atoms with Crippen molar-refractivity contribution in [3.05, 3.63) is 58.7 Å². The summed E-state index contributed by atoms with van der Waals surface area (Å²) in [5, 5.41) is 3.48. The first-order chi connectivity index (χ1) is 17.4. The Kier molecular flexibility index (Phi) is 10.6. The molecule has 2 aromatic rings. The van der Waals surface area contributed by atoms with Crippen molar-refractivity contribution in [2.75, 3.05) is 49.5 Å². The number of nitrogens with one attached hydrogen (secondary N) is 1. The van der Waals surface area contributed by atoms with Crippen LogP contribution < -0.4 is 16.0 Å². The molecule has 6 heteroatoms. The summed E-state index contributed by atoms with van der Waals surface area (Å²) in [6.45, 7) is 19.3. The number of piperazine rings is 1. The second kappa shape index (κ2) is 13.7. The molecule has 36 heavy (non-hydrogen) atoms. The fourth-order valence-corrected chi connectivity index (χ4v) is 6.04. The molecule has 2 aliphatic rings. The minimum absolute atomic E-state index is 0.250. The number of carbonyl (C=O) groups is 1. The molecule has 2 aliphatic heterocycles. The van der Waals surface area contributed by atoms with Crippen LogP contribution in [0.5, 0.6) is 0 Å². The van der Waals surface area contributed by atoms with E-state index in [2.05, 4.69) is 96.8 Å². The molecule has 6 nitrogen and oxygen atoms in total. The number of rotatable bonds is 7. The largest absolute Gasteiger partial charge is 0.385 e. The summed E-state index contributed by atoms with van der Waals surface area (Å²) >= 11 is 0. The fraction of sp³-hybridized carbons (Fsp3) is 0.567. The van der Waals surface area contributed by atoms with Gasteiger partial charge in [-0.3, -0.25) is 14.6 Å². The third kappa shape index (κ3) is 7.23. The van der Waals surface area contributed by atoms with Crippen molar-refractivity contribution in [1.29, 1.82) is 0 Å². The van der Waals surface area contributed by atoms with E-state index in [1.165, 1.54) is 72.5 Å². The number of aryl methyl sites for hydroxylation is 3. The van der Waals surface area contributed by atoms with Gasteiger partial charge in [0.05, 0.1) is 0 Å². The lowest BCUT2D eigenvalue weighted by atomic mass is 9.96. The first kappa shape index (κ1) is 28.0. The minimum Gasteiger partial charge on any atom is -0.385 e. The highest BCUT2D eigenvalue weighted by atomic mass is 16.1. The van der Waals surface area contributed by atoms with Gasteiger partial charge in [-0.15, -0.1) is 0 Å². The Balaban J connectivity index is 0.00000115. The highest BCUT2D eigenvalue weighted by molar-refractivity contribution is 5.66. The Labute approximate surface area is 218 Å². The normalized spacial score (nSPS) is 19.5. The first-order valence-electron chi connectivity index (χ1n) is 13.7. The fourth-order valence-electron chi connectivity index (χ4n) is 6.04. The molecule has 0 saturated carbocycles. The Morgan fingerprint density at radius 1 is 0.972 bits per heavy atom. The summed E-state index contributed by atoms with van der Waals surface area (Å²) in [4.78, 5) is 16.8. The van der Waals surface area contributed by atoms with Crippen LogP contribution in [-0.2, 0) is 11.3 Å². The Hall–Kier alpha value is -2.57. The Morgan fingerprint density at radius 2 is 1.58 bits per heavy atom. The highest BCUT2D eigenvalue weighted by Crippen LogP contribution is 2.32. The molecule has 0 spiro atoms. The molecule has 0 bridgehead atoms. The maximum Gasteiger partial charge on any atom is 0.204 e. The molecule has 3 N–H and O–H groups in total. The number of anilines is 2. The maximum atomic E-state index is 8.58. The van der Waals surface area contributed by atoms with Crippen LogP contribution in [0.3, 0.4) is 0 Å². The Morgan fingerprint density at radius 3 is 2.14 bits per heavy atom. The van der Waals surface area contributed by atoms with Gasteiger partial charge in [-0.25, -0.2) is 0 Å². The number of hydrogen-bond donors (Lipinski definition) is 2. The SMILES string of the molecule is CCNc1cc(C)c(N2CCN(C3CCN(Cc4ccc(C)cc4)CC3)C(CC)C2)c(C)c1.NC=O. The van der Waals surface area contributed by atoms with E-state index in [4.69, 9.17) is 4.79 Å². The summed E-state index contributed by atoms with van der Waals surface area (Å²) in [7, 11) is 0. The predicted octanol–water partition coefficient (Wildman–Crippen LogP) is 4.71. The monoisotopic (exact) mass is 493 g/mol. The van der Waals surface area contributed by atoms with Gasteiger partial charge in [0.15, 0.2) is 0 Å². The molecule has 1 unspecified atom stereocenters. The lowest BCUT2D eigenvalue weighted by Crippen LogP contribution is -2.58. The zero-order valence-electron chi connectivity index (χ0n) is 23.1. The van der Waals surface area contributed by atoms with Crippen molar-refractivity contribution in [3.8, 4) is 0 Å². The number of likely N-dealkylation sites (tertiary alicyclic amines) is 1. The van der Waals surface area contributed by atoms with E-state index in [1.807, 2.05) is 0 Å². The summed E-state index contributed by atoms with van der Waals surface area (Å²) in [6.07, 6.45) is 4.09.